The van der Waals surface area contributed by atoms with Gasteiger partial charge in [-0.05, 0) is 63.1 Å². The highest BCUT2D eigenvalue weighted by Crippen LogP contribution is 2.20. The van der Waals surface area contributed by atoms with Gasteiger partial charge >= 0.3 is 0 Å². The summed E-state index contributed by atoms with van der Waals surface area (Å²) in [6.45, 7) is 8.60. The lowest BCUT2D eigenvalue weighted by atomic mass is 10.1. The highest BCUT2D eigenvalue weighted by atomic mass is 16.5. The maximum Gasteiger partial charge on any atom is 0.272 e. The number of hydrogen-bond donors (Lipinski definition) is 1. The van der Waals surface area contributed by atoms with E-state index in [0.717, 1.165) is 39.5 Å². The molecule has 0 aliphatic rings. The molecule has 0 saturated carbocycles. The SMILES string of the molecule is Cc1ccc(C)c(OCn2ccc(C(=O)NCc3c(C)nn(-c4ccccc4)c3C)n2)c1. The Labute approximate surface area is 187 Å². The molecule has 2 aromatic heterocycles. The summed E-state index contributed by atoms with van der Waals surface area (Å²) in [5, 5.41) is 11.9. The van der Waals surface area contributed by atoms with Gasteiger partial charge in [0.2, 0.25) is 0 Å². The Bertz CT molecular complexity index is 1240. The van der Waals surface area contributed by atoms with Crippen LogP contribution in [0.15, 0.2) is 60.8 Å². The molecule has 0 radical (unpaired) electrons. The molecule has 164 valence electrons. The molecule has 0 aliphatic heterocycles. The van der Waals surface area contributed by atoms with Crippen molar-refractivity contribution < 1.29 is 9.53 Å². The average Bonchev–Trinajstić information content (AvgIpc) is 3.38. The zero-order valence-electron chi connectivity index (χ0n) is 18.8. The minimum absolute atomic E-state index is 0.234. The second-order valence-electron chi connectivity index (χ2n) is 7.86. The van der Waals surface area contributed by atoms with Gasteiger partial charge in [-0.15, -0.1) is 0 Å². The number of carbonyl (C=O) groups is 1. The quantitative estimate of drug-likeness (QED) is 0.476. The van der Waals surface area contributed by atoms with Crippen LogP contribution in [0.25, 0.3) is 5.69 Å². The maximum atomic E-state index is 12.6. The Morgan fingerprint density at radius 2 is 1.78 bits per heavy atom. The number of aryl methyl sites for hydroxylation is 3. The number of benzene rings is 2. The van der Waals surface area contributed by atoms with Gasteiger partial charge in [0, 0.05) is 24.0 Å². The van der Waals surface area contributed by atoms with Crippen LogP contribution in [0.5, 0.6) is 5.75 Å². The third kappa shape index (κ3) is 4.56. The van der Waals surface area contributed by atoms with Crippen molar-refractivity contribution in [3.05, 3.63) is 94.6 Å². The molecule has 1 N–H and O–H groups in total. The van der Waals surface area contributed by atoms with Crippen LogP contribution < -0.4 is 10.1 Å². The van der Waals surface area contributed by atoms with E-state index >= 15 is 0 Å². The van der Waals surface area contributed by atoms with Gasteiger partial charge in [-0.25, -0.2) is 9.36 Å². The van der Waals surface area contributed by atoms with Crippen LogP contribution in [-0.2, 0) is 13.3 Å². The summed E-state index contributed by atoms with van der Waals surface area (Å²) in [4.78, 5) is 12.6. The van der Waals surface area contributed by atoms with Gasteiger partial charge in [-0.3, -0.25) is 4.79 Å². The second-order valence-corrected chi connectivity index (χ2v) is 7.86. The topological polar surface area (TPSA) is 74.0 Å². The summed E-state index contributed by atoms with van der Waals surface area (Å²) >= 11 is 0. The Hall–Kier alpha value is -3.87. The molecule has 2 heterocycles. The van der Waals surface area contributed by atoms with Crippen LogP contribution in [0.2, 0.25) is 0 Å². The van der Waals surface area contributed by atoms with Crippen molar-refractivity contribution in [3.8, 4) is 11.4 Å². The maximum absolute atomic E-state index is 12.6. The Morgan fingerprint density at radius 3 is 2.56 bits per heavy atom. The van der Waals surface area contributed by atoms with E-state index in [9.17, 15) is 4.79 Å². The van der Waals surface area contributed by atoms with Gasteiger partial charge in [-0.2, -0.15) is 10.2 Å². The fourth-order valence-corrected chi connectivity index (χ4v) is 3.56. The van der Waals surface area contributed by atoms with Gasteiger partial charge in [-0.1, -0.05) is 30.3 Å². The standard InChI is InChI=1S/C25H27N5O2/c1-17-10-11-18(2)24(14-17)32-16-29-13-12-23(28-29)25(31)26-15-22-19(3)27-30(20(22)4)21-8-6-5-7-9-21/h5-14H,15-16H2,1-4H3,(H,26,31). The Kier molecular flexibility index (Phi) is 6.07. The molecule has 32 heavy (non-hydrogen) atoms. The van der Waals surface area contributed by atoms with Crippen LogP contribution in [0, 0.1) is 27.7 Å². The highest BCUT2D eigenvalue weighted by Gasteiger charge is 2.15. The lowest BCUT2D eigenvalue weighted by Crippen LogP contribution is -2.24. The van der Waals surface area contributed by atoms with Crippen LogP contribution >= 0.6 is 0 Å². The molecule has 0 spiro atoms. The highest BCUT2D eigenvalue weighted by molar-refractivity contribution is 5.92. The number of rotatable bonds is 7. The molecule has 7 nitrogen and oxygen atoms in total. The van der Waals surface area contributed by atoms with E-state index in [1.165, 1.54) is 0 Å². The predicted molar refractivity (Wildman–Crippen MR) is 123 cm³/mol. The lowest BCUT2D eigenvalue weighted by molar-refractivity contribution is 0.0943. The first kappa shape index (κ1) is 21.4. The number of nitrogens with one attached hydrogen (secondary N) is 1. The molecule has 2 aromatic carbocycles. The first-order valence-electron chi connectivity index (χ1n) is 10.5. The van der Waals surface area contributed by atoms with Gasteiger partial charge < -0.3 is 10.1 Å². The lowest BCUT2D eigenvalue weighted by Gasteiger charge is -2.10. The summed E-state index contributed by atoms with van der Waals surface area (Å²) in [5.74, 6) is 0.578. The fourth-order valence-electron chi connectivity index (χ4n) is 3.56. The van der Waals surface area contributed by atoms with Crippen molar-refractivity contribution in [1.82, 2.24) is 24.9 Å². The van der Waals surface area contributed by atoms with E-state index in [2.05, 4.69) is 15.5 Å². The minimum Gasteiger partial charge on any atom is -0.471 e. The first-order valence-corrected chi connectivity index (χ1v) is 10.5. The zero-order valence-corrected chi connectivity index (χ0v) is 18.8. The predicted octanol–water partition coefficient (Wildman–Crippen LogP) is 4.27. The van der Waals surface area contributed by atoms with E-state index in [1.807, 2.05) is 80.9 Å². The van der Waals surface area contributed by atoms with Crippen LogP contribution in [0.4, 0.5) is 0 Å². The molecule has 0 fully saturated rings. The van der Waals surface area contributed by atoms with E-state index in [-0.39, 0.29) is 12.6 Å². The number of hydrogen-bond acceptors (Lipinski definition) is 4. The van der Waals surface area contributed by atoms with Crippen molar-refractivity contribution in [2.24, 2.45) is 0 Å². The molecule has 0 atom stereocenters. The van der Waals surface area contributed by atoms with Crippen LogP contribution in [0.3, 0.4) is 0 Å². The Morgan fingerprint density at radius 1 is 1.00 bits per heavy atom. The molecule has 0 aliphatic carbocycles. The van der Waals surface area contributed by atoms with E-state index in [0.29, 0.717) is 12.2 Å². The Balaban J connectivity index is 1.39. The molecule has 0 saturated heterocycles. The van der Waals surface area contributed by atoms with Crippen LogP contribution in [-0.4, -0.2) is 25.5 Å². The molecule has 7 heteroatoms. The zero-order chi connectivity index (χ0) is 22.7. The number of ether oxygens (including phenoxy) is 1. The van der Waals surface area contributed by atoms with Crippen LogP contribution in [0.1, 0.15) is 38.6 Å². The molecule has 4 rings (SSSR count). The van der Waals surface area contributed by atoms with Crippen molar-refractivity contribution in [1.29, 1.82) is 0 Å². The third-order valence-electron chi connectivity index (χ3n) is 5.44. The number of para-hydroxylation sites is 1. The summed E-state index contributed by atoms with van der Waals surface area (Å²) in [5.41, 5.74) is 6.42. The summed E-state index contributed by atoms with van der Waals surface area (Å²) in [6.07, 6.45) is 1.74. The number of aromatic nitrogens is 4. The van der Waals surface area contributed by atoms with Gasteiger partial charge in [0.1, 0.15) is 11.4 Å². The molecule has 1 amide bonds. The minimum atomic E-state index is -0.234. The smallest absolute Gasteiger partial charge is 0.272 e. The van der Waals surface area contributed by atoms with Crippen molar-refractivity contribution in [3.63, 3.8) is 0 Å². The van der Waals surface area contributed by atoms with E-state index < -0.39 is 0 Å². The fraction of sp³-hybridized carbons (Fsp3) is 0.240. The van der Waals surface area contributed by atoms with Crippen molar-refractivity contribution >= 4 is 5.91 Å². The first-order chi connectivity index (χ1) is 15.4. The summed E-state index contributed by atoms with van der Waals surface area (Å²) < 4.78 is 9.37. The van der Waals surface area contributed by atoms with Gasteiger partial charge in [0.15, 0.2) is 6.73 Å². The molecule has 4 aromatic rings. The molecular weight excluding hydrogens is 402 g/mol. The third-order valence-corrected chi connectivity index (χ3v) is 5.44. The average molecular weight is 430 g/mol. The van der Waals surface area contributed by atoms with Crippen molar-refractivity contribution in [2.45, 2.75) is 41.0 Å². The monoisotopic (exact) mass is 429 g/mol. The summed E-state index contributed by atoms with van der Waals surface area (Å²) in [7, 11) is 0. The number of nitrogens with zero attached hydrogens (tertiary/aromatic N) is 4. The van der Waals surface area contributed by atoms with E-state index in [1.54, 1.807) is 16.9 Å². The molecule has 0 bridgehead atoms. The van der Waals surface area contributed by atoms with Crippen molar-refractivity contribution in [2.75, 3.05) is 0 Å². The normalized spacial score (nSPS) is 10.9. The van der Waals surface area contributed by atoms with Gasteiger partial charge in [0.05, 0.1) is 11.4 Å². The largest absolute Gasteiger partial charge is 0.471 e. The second kappa shape index (κ2) is 9.09. The number of amides is 1. The van der Waals surface area contributed by atoms with Gasteiger partial charge in [0.25, 0.3) is 5.91 Å². The molecular formula is C25H27N5O2. The molecule has 0 unspecified atom stereocenters. The number of carbonyl (C=O) groups excluding carboxylic acids is 1. The summed E-state index contributed by atoms with van der Waals surface area (Å²) in [6, 6.07) is 17.7. The van der Waals surface area contributed by atoms with E-state index in [4.69, 9.17) is 4.74 Å².